The minimum atomic E-state index is -1.04. The summed E-state index contributed by atoms with van der Waals surface area (Å²) in [5.74, 6) is 0.679. The Morgan fingerprint density at radius 2 is 1.67 bits per heavy atom. The van der Waals surface area contributed by atoms with E-state index in [1.54, 1.807) is 6.92 Å². The molecule has 0 spiro atoms. The monoisotopic (exact) mass is 286 g/mol. The van der Waals surface area contributed by atoms with Crippen molar-refractivity contribution in [2.75, 3.05) is 6.61 Å². The van der Waals surface area contributed by atoms with Crippen molar-refractivity contribution >= 4 is 0 Å². The maximum absolute atomic E-state index is 10.5. The zero-order valence-corrected chi connectivity index (χ0v) is 12.5. The van der Waals surface area contributed by atoms with Crippen molar-refractivity contribution in [3.8, 4) is 5.75 Å². The van der Waals surface area contributed by atoms with Gasteiger partial charge in [-0.2, -0.15) is 0 Å². The first kappa shape index (κ1) is 15.5. The highest BCUT2D eigenvalue weighted by atomic mass is 16.5. The Hall–Kier alpha value is -1.84. The molecule has 0 heterocycles. The van der Waals surface area contributed by atoms with Gasteiger partial charge < -0.3 is 14.9 Å². The molecule has 0 saturated carbocycles. The quantitative estimate of drug-likeness (QED) is 0.855. The van der Waals surface area contributed by atoms with E-state index in [0.717, 1.165) is 11.1 Å². The van der Waals surface area contributed by atoms with Crippen LogP contribution in [-0.2, 0) is 5.60 Å². The number of hydrogen-bond acceptors (Lipinski definition) is 3. The Morgan fingerprint density at radius 1 is 1.05 bits per heavy atom. The first-order valence-electron chi connectivity index (χ1n) is 7.21. The average molecular weight is 286 g/mol. The Labute approximate surface area is 125 Å². The Bertz CT molecular complexity index is 546. The highest BCUT2D eigenvalue weighted by Crippen LogP contribution is 2.24. The molecule has 2 aromatic carbocycles. The van der Waals surface area contributed by atoms with Gasteiger partial charge in [0.1, 0.15) is 18.0 Å². The third-order valence-electron chi connectivity index (χ3n) is 3.57. The van der Waals surface area contributed by atoms with E-state index in [1.165, 1.54) is 0 Å². The van der Waals surface area contributed by atoms with Crippen molar-refractivity contribution in [1.82, 2.24) is 0 Å². The molecule has 0 aliphatic carbocycles. The van der Waals surface area contributed by atoms with Gasteiger partial charge in [-0.15, -0.1) is 0 Å². The van der Waals surface area contributed by atoms with Gasteiger partial charge in [0.15, 0.2) is 0 Å². The van der Waals surface area contributed by atoms with Crippen LogP contribution >= 0.6 is 0 Å². The maximum atomic E-state index is 10.5. The lowest BCUT2D eigenvalue weighted by Crippen LogP contribution is -2.29. The summed E-state index contributed by atoms with van der Waals surface area (Å²) in [5.41, 5.74) is 0.658. The van der Waals surface area contributed by atoms with Gasteiger partial charge in [-0.05, 0) is 36.6 Å². The lowest BCUT2D eigenvalue weighted by Gasteiger charge is -2.24. The number of benzene rings is 2. The van der Waals surface area contributed by atoms with E-state index in [4.69, 9.17) is 4.74 Å². The number of aliphatic hydroxyl groups is 2. The highest BCUT2D eigenvalue weighted by molar-refractivity contribution is 5.29. The van der Waals surface area contributed by atoms with E-state index in [2.05, 4.69) is 0 Å². The van der Waals surface area contributed by atoms with Gasteiger partial charge in [-0.1, -0.05) is 49.4 Å². The summed E-state index contributed by atoms with van der Waals surface area (Å²) in [5, 5.41) is 20.2. The van der Waals surface area contributed by atoms with E-state index in [1.807, 2.05) is 61.5 Å². The molecule has 0 fully saturated rings. The molecular formula is C18H22O3. The minimum Gasteiger partial charge on any atom is -0.490 e. The summed E-state index contributed by atoms with van der Waals surface area (Å²) in [4.78, 5) is 0. The standard InChI is InChI=1S/C18H22O3/c1-3-17(19)14-9-11-16(12-10-14)21-13-18(2,20)15-7-5-4-6-8-15/h4-12,17,19-20H,3,13H2,1-2H3/t17-,18?/m0/s1. The topological polar surface area (TPSA) is 49.7 Å². The second kappa shape index (κ2) is 6.74. The van der Waals surface area contributed by atoms with Crippen molar-refractivity contribution in [3.05, 3.63) is 65.7 Å². The summed E-state index contributed by atoms with van der Waals surface area (Å²) in [6.45, 7) is 3.84. The Balaban J connectivity index is 1.99. The van der Waals surface area contributed by atoms with E-state index in [9.17, 15) is 10.2 Å². The fraction of sp³-hybridized carbons (Fsp3) is 0.333. The molecule has 2 aromatic rings. The third kappa shape index (κ3) is 4.06. The molecule has 0 aromatic heterocycles. The molecule has 2 rings (SSSR count). The third-order valence-corrected chi connectivity index (χ3v) is 3.57. The summed E-state index contributed by atoms with van der Waals surface area (Å²) >= 11 is 0. The Kier molecular flexibility index (Phi) is 4.99. The lowest BCUT2D eigenvalue weighted by molar-refractivity contribution is 0.00757. The summed E-state index contributed by atoms with van der Waals surface area (Å²) in [6.07, 6.45) is 0.245. The molecule has 0 saturated heterocycles. The SMILES string of the molecule is CC[C@H](O)c1ccc(OCC(C)(O)c2ccccc2)cc1. The number of hydrogen-bond donors (Lipinski definition) is 2. The van der Waals surface area contributed by atoms with E-state index in [0.29, 0.717) is 12.2 Å². The predicted molar refractivity (Wildman–Crippen MR) is 83.2 cm³/mol. The summed E-state index contributed by atoms with van der Waals surface area (Å²) in [6, 6.07) is 16.8. The van der Waals surface area contributed by atoms with Crippen molar-refractivity contribution in [3.63, 3.8) is 0 Å². The van der Waals surface area contributed by atoms with Crippen LogP contribution in [0.4, 0.5) is 0 Å². The molecule has 112 valence electrons. The average Bonchev–Trinajstić information content (AvgIpc) is 2.53. The highest BCUT2D eigenvalue weighted by Gasteiger charge is 2.23. The van der Waals surface area contributed by atoms with Crippen molar-refractivity contribution in [1.29, 1.82) is 0 Å². The van der Waals surface area contributed by atoms with Crippen LogP contribution in [0, 0.1) is 0 Å². The van der Waals surface area contributed by atoms with Crippen LogP contribution in [0.15, 0.2) is 54.6 Å². The molecule has 2 atom stereocenters. The predicted octanol–water partition coefficient (Wildman–Crippen LogP) is 3.42. The number of rotatable bonds is 6. The second-order valence-corrected chi connectivity index (χ2v) is 5.42. The molecule has 0 radical (unpaired) electrons. The number of aliphatic hydroxyl groups excluding tert-OH is 1. The van der Waals surface area contributed by atoms with Crippen molar-refractivity contribution in [2.45, 2.75) is 32.0 Å². The zero-order chi connectivity index (χ0) is 15.3. The normalized spacial score (nSPS) is 15.2. The van der Waals surface area contributed by atoms with Crippen LogP contribution in [0.5, 0.6) is 5.75 Å². The summed E-state index contributed by atoms with van der Waals surface area (Å²) < 4.78 is 5.66. The van der Waals surface area contributed by atoms with Crippen molar-refractivity contribution < 1.29 is 14.9 Å². The fourth-order valence-corrected chi connectivity index (χ4v) is 2.13. The molecule has 1 unspecified atom stereocenters. The van der Waals surface area contributed by atoms with Crippen molar-refractivity contribution in [2.24, 2.45) is 0 Å². The van der Waals surface area contributed by atoms with Gasteiger partial charge in [0, 0.05) is 0 Å². The molecule has 3 heteroatoms. The van der Waals surface area contributed by atoms with Gasteiger partial charge in [0.05, 0.1) is 6.10 Å². The molecular weight excluding hydrogens is 264 g/mol. The summed E-state index contributed by atoms with van der Waals surface area (Å²) in [7, 11) is 0. The molecule has 0 bridgehead atoms. The minimum absolute atomic E-state index is 0.173. The lowest BCUT2D eigenvalue weighted by atomic mass is 9.97. The van der Waals surface area contributed by atoms with Gasteiger partial charge >= 0.3 is 0 Å². The largest absolute Gasteiger partial charge is 0.490 e. The van der Waals surface area contributed by atoms with Crippen LogP contribution in [0.2, 0.25) is 0 Å². The van der Waals surface area contributed by atoms with E-state index >= 15 is 0 Å². The second-order valence-electron chi connectivity index (χ2n) is 5.42. The van der Waals surface area contributed by atoms with Gasteiger partial charge in [-0.3, -0.25) is 0 Å². The maximum Gasteiger partial charge on any atom is 0.121 e. The van der Waals surface area contributed by atoms with Crippen LogP contribution < -0.4 is 4.74 Å². The molecule has 3 nitrogen and oxygen atoms in total. The Morgan fingerprint density at radius 3 is 2.24 bits per heavy atom. The zero-order valence-electron chi connectivity index (χ0n) is 12.5. The number of ether oxygens (including phenoxy) is 1. The van der Waals surface area contributed by atoms with Gasteiger partial charge in [0.2, 0.25) is 0 Å². The van der Waals surface area contributed by atoms with Gasteiger partial charge in [-0.25, -0.2) is 0 Å². The van der Waals surface area contributed by atoms with Crippen LogP contribution in [0.1, 0.15) is 37.5 Å². The molecule has 0 aliphatic rings. The fourth-order valence-electron chi connectivity index (χ4n) is 2.13. The molecule has 21 heavy (non-hydrogen) atoms. The molecule has 0 amide bonds. The van der Waals surface area contributed by atoms with E-state index in [-0.39, 0.29) is 6.61 Å². The smallest absolute Gasteiger partial charge is 0.121 e. The van der Waals surface area contributed by atoms with Gasteiger partial charge in [0.25, 0.3) is 0 Å². The molecule has 2 N–H and O–H groups in total. The van der Waals surface area contributed by atoms with Crippen LogP contribution in [0.3, 0.4) is 0 Å². The first-order chi connectivity index (χ1) is 10.0. The van der Waals surface area contributed by atoms with Crippen LogP contribution in [-0.4, -0.2) is 16.8 Å². The van der Waals surface area contributed by atoms with Crippen LogP contribution in [0.25, 0.3) is 0 Å². The van der Waals surface area contributed by atoms with E-state index < -0.39 is 11.7 Å². The molecule has 0 aliphatic heterocycles. The first-order valence-corrected chi connectivity index (χ1v) is 7.21.